The molecule has 1 aliphatic heterocycles. The molecule has 0 spiro atoms. The molecule has 0 radical (unpaired) electrons. The van der Waals surface area contributed by atoms with Crippen molar-refractivity contribution in [2.45, 2.75) is 32.2 Å². The first-order valence-corrected chi connectivity index (χ1v) is 11.2. The highest BCUT2D eigenvalue weighted by Crippen LogP contribution is 2.35. The molecule has 1 aliphatic carbocycles. The van der Waals surface area contributed by atoms with Gasteiger partial charge in [-0.25, -0.2) is 13.1 Å². The van der Waals surface area contributed by atoms with E-state index in [1.165, 1.54) is 25.7 Å². The van der Waals surface area contributed by atoms with Crippen LogP contribution in [0.5, 0.6) is 0 Å². The van der Waals surface area contributed by atoms with Crippen LogP contribution in [0, 0.1) is 11.8 Å². The van der Waals surface area contributed by atoms with E-state index in [1.807, 2.05) is 30.3 Å². The van der Waals surface area contributed by atoms with Crippen LogP contribution in [0.1, 0.15) is 31.2 Å². The van der Waals surface area contributed by atoms with Gasteiger partial charge >= 0.3 is 0 Å². The lowest BCUT2D eigenvalue weighted by Crippen LogP contribution is -2.43. The zero-order chi connectivity index (χ0) is 18.4. The third-order valence-electron chi connectivity index (χ3n) is 5.48. The van der Waals surface area contributed by atoms with Gasteiger partial charge in [-0.1, -0.05) is 43.2 Å². The van der Waals surface area contributed by atoms with E-state index >= 15 is 0 Å². The zero-order valence-electron chi connectivity index (χ0n) is 15.5. The molecule has 2 atom stereocenters. The molecule has 1 saturated carbocycles. The number of rotatable bonds is 6. The van der Waals surface area contributed by atoms with Crippen molar-refractivity contribution in [2.75, 3.05) is 32.4 Å². The molecule has 0 amide bonds. The van der Waals surface area contributed by atoms with Gasteiger partial charge < -0.3 is 10.2 Å². The van der Waals surface area contributed by atoms with E-state index in [0.717, 1.165) is 36.4 Å². The number of guanidine groups is 1. The Balaban J connectivity index is 1.44. The summed E-state index contributed by atoms with van der Waals surface area (Å²) in [6.45, 7) is 2.78. The molecule has 2 N–H and O–H groups in total. The summed E-state index contributed by atoms with van der Waals surface area (Å²) >= 11 is 0. The maximum absolute atomic E-state index is 12.2. The molecule has 7 heteroatoms. The Hall–Kier alpha value is -1.60. The number of aliphatic imine (C=N–C) groups is 1. The first kappa shape index (κ1) is 19.2. The van der Waals surface area contributed by atoms with Crippen molar-refractivity contribution in [3.63, 3.8) is 0 Å². The highest BCUT2D eigenvalue weighted by Gasteiger charge is 2.35. The Morgan fingerprint density at radius 1 is 1.15 bits per heavy atom. The minimum atomic E-state index is -3.31. The Labute approximate surface area is 157 Å². The van der Waals surface area contributed by atoms with Crippen molar-refractivity contribution in [1.29, 1.82) is 0 Å². The van der Waals surface area contributed by atoms with Crippen molar-refractivity contribution >= 4 is 16.0 Å². The number of hydrogen-bond acceptors (Lipinski definition) is 3. The lowest BCUT2D eigenvalue weighted by molar-refractivity contribution is 0.299. The second-order valence-corrected chi connectivity index (χ2v) is 9.24. The Kier molecular flexibility index (Phi) is 6.53. The number of benzene rings is 1. The van der Waals surface area contributed by atoms with Crippen LogP contribution in [0.4, 0.5) is 0 Å². The quantitative estimate of drug-likeness (QED) is 0.585. The van der Waals surface area contributed by atoms with E-state index in [1.54, 1.807) is 7.05 Å². The van der Waals surface area contributed by atoms with Crippen LogP contribution in [0.3, 0.4) is 0 Å². The van der Waals surface area contributed by atoms with Gasteiger partial charge in [-0.3, -0.25) is 4.99 Å². The summed E-state index contributed by atoms with van der Waals surface area (Å²) in [5, 5.41) is 3.23. The van der Waals surface area contributed by atoms with Crippen LogP contribution in [0.15, 0.2) is 35.3 Å². The minimum absolute atomic E-state index is 0.0412. The van der Waals surface area contributed by atoms with Gasteiger partial charge in [0.2, 0.25) is 10.0 Å². The second-order valence-electron chi connectivity index (χ2n) is 7.31. The van der Waals surface area contributed by atoms with Gasteiger partial charge in [0.25, 0.3) is 0 Å². The maximum atomic E-state index is 12.2. The number of nitrogens with one attached hydrogen (secondary N) is 2. The lowest BCUT2D eigenvalue weighted by atomic mass is 9.82. The van der Waals surface area contributed by atoms with Gasteiger partial charge in [0, 0.05) is 33.2 Å². The molecule has 1 aromatic rings. The molecule has 26 heavy (non-hydrogen) atoms. The first-order valence-electron chi connectivity index (χ1n) is 9.54. The molecule has 144 valence electrons. The zero-order valence-corrected chi connectivity index (χ0v) is 16.3. The average molecular weight is 379 g/mol. The lowest BCUT2D eigenvalue weighted by Gasteiger charge is -2.22. The highest BCUT2D eigenvalue weighted by molar-refractivity contribution is 7.89. The van der Waals surface area contributed by atoms with Crippen molar-refractivity contribution < 1.29 is 8.42 Å². The highest BCUT2D eigenvalue weighted by atomic mass is 32.2. The SMILES string of the molecule is CN=C(NCCS(=O)(=O)NCc1ccccc1)N1CC2CCCCC2C1. The van der Waals surface area contributed by atoms with Crippen LogP contribution in [0.25, 0.3) is 0 Å². The van der Waals surface area contributed by atoms with Gasteiger partial charge in [-0.05, 0) is 30.2 Å². The summed E-state index contributed by atoms with van der Waals surface area (Å²) in [4.78, 5) is 6.65. The molecule has 2 unspecified atom stereocenters. The monoisotopic (exact) mass is 378 g/mol. The summed E-state index contributed by atoms with van der Waals surface area (Å²) in [5.41, 5.74) is 0.958. The molecule has 1 aromatic carbocycles. The van der Waals surface area contributed by atoms with Gasteiger partial charge in [-0.15, -0.1) is 0 Å². The van der Waals surface area contributed by atoms with E-state index in [2.05, 4.69) is 19.9 Å². The van der Waals surface area contributed by atoms with Crippen molar-refractivity contribution in [3.05, 3.63) is 35.9 Å². The summed E-state index contributed by atoms with van der Waals surface area (Å²) in [6, 6.07) is 9.55. The van der Waals surface area contributed by atoms with E-state index in [4.69, 9.17) is 0 Å². The number of sulfonamides is 1. The maximum Gasteiger partial charge on any atom is 0.213 e. The van der Waals surface area contributed by atoms with E-state index in [9.17, 15) is 8.42 Å². The van der Waals surface area contributed by atoms with Crippen molar-refractivity contribution in [1.82, 2.24) is 14.9 Å². The molecular weight excluding hydrogens is 348 g/mol. The summed E-state index contributed by atoms with van der Waals surface area (Å²) in [5.74, 6) is 2.43. The number of hydrogen-bond donors (Lipinski definition) is 2. The van der Waals surface area contributed by atoms with Crippen LogP contribution >= 0.6 is 0 Å². The minimum Gasteiger partial charge on any atom is -0.355 e. The normalized spacial score (nSPS) is 23.7. The predicted molar refractivity (Wildman–Crippen MR) is 105 cm³/mol. The van der Waals surface area contributed by atoms with Crippen molar-refractivity contribution in [3.8, 4) is 0 Å². The van der Waals surface area contributed by atoms with E-state index < -0.39 is 10.0 Å². The topological polar surface area (TPSA) is 73.8 Å². The molecule has 3 rings (SSSR count). The van der Waals surface area contributed by atoms with Gasteiger partial charge in [-0.2, -0.15) is 0 Å². The third kappa shape index (κ3) is 5.20. The summed E-state index contributed by atoms with van der Waals surface area (Å²) in [6.07, 6.45) is 5.31. The second kappa shape index (κ2) is 8.86. The molecule has 1 heterocycles. The number of fused-ring (bicyclic) bond motifs is 1. The standard InChI is InChI=1S/C19H30N4O2S/c1-20-19(23-14-17-9-5-6-10-18(17)15-23)21-11-12-26(24,25)22-13-16-7-3-2-4-8-16/h2-4,7-8,17-18,22H,5-6,9-15H2,1H3,(H,20,21). The smallest absolute Gasteiger partial charge is 0.213 e. The summed E-state index contributed by atoms with van der Waals surface area (Å²) < 4.78 is 27.0. The van der Waals surface area contributed by atoms with Gasteiger partial charge in [0.1, 0.15) is 0 Å². The fourth-order valence-electron chi connectivity index (χ4n) is 4.07. The average Bonchev–Trinajstić information content (AvgIpc) is 3.08. The molecular formula is C19H30N4O2S. The number of likely N-dealkylation sites (tertiary alicyclic amines) is 1. The molecule has 0 aromatic heterocycles. The Bertz CT molecular complexity index is 692. The largest absolute Gasteiger partial charge is 0.355 e. The van der Waals surface area contributed by atoms with Crippen LogP contribution in [-0.2, 0) is 16.6 Å². The van der Waals surface area contributed by atoms with Crippen LogP contribution in [-0.4, -0.2) is 51.7 Å². The van der Waals surface area contributed by atoms with Crippen LogP contribution in [0.2, 0.25) is 0 Å². The molecule has 0 bridgehead atoms. The third-order valence-corrected chi connectivity index (χ3v) is 6.81. The summed E-state index contributed by atoms with van der Waals surface area (Å²) in [7, 11) is -1.54. The van der Waals surface area contributed by atoms with Gasteiger partial charge in [0.05, 0.1) is 5.75 Å². The fraction of sp³-hybridized carbons (Fsp3) is 0.632. The molecule has 6 nitrogen and oxygen atoms in total. The molecule has 2 fully saturated rings. The molecule has 2 aliphatic rings. The first-order chi connectivity index (χ1) is 12.6. The van der Waals surface area contributed by atoms with Crippen molar-refractivity contribution in [2.24, 2.45) is 16.8 Å². The van der Waals surface area contributed by atoms with Gasteiger partial charge in [0.15, 0.2) is 5.96 Å². The predicted octanol–water partition coefficient (Wildman–Crippen LogP) is 1.80. The number of nitrogens with zero attached hydrogens (tertiary/aromatic N) is 2. The Morgan fingerprint density at radius 2 is 1.81 bits per heavy atom. The van der Waals surface area contributed by atoms with Crippen LogP contribution < -0.4 is 10.0 Å². The Morgan fingerprint density at radius 3 is 2.42 bits per heavy atom. The van der Waals surface area contributed by atoms with E-state index in [-0.39, 0.29) is 5.75 Å². The van der Waals surface area contributed by atoms with E-state index in [0.29, 0.717) is 13.1 Å². The fourth-order valence-corrected chi connectivity index (χ4v) is 4.97. The molecule has 1 saturated heterocycles.